The highest BCUT2D eigenvalue weighted by Gasteiger charge is 2.22. The molecule has 118 valence electrons. The summed E-state index contributed by atoms with van der Waals surface area (Å²) in [5.74, 6) is 0.690. The molecule has 0 saturated carbocycles. The first-order valence-corrected chi connectivity index (χ1v) is 7.94. The summed E-state index contributed by atoms with van der Waals surface area (Å²) < 4.78 is 5.65. The third-order valence-electron chi connectivity index (χ3n) is 4.24. The van der Waals surface area contributed by atoms with E-state index < -0.39 is 0 Å². The molecule has 0 saturated heterocycles. The molecule has 0 amide bonds. The molecule has 1 heterocycles. The Labute approximate surface area is 140 Å². The molecule has 0 spiro atoms. The van der Waals surface area contributed by atoms with E-state index in [9.17, 15) is 4.79 Å². The lowest BCUT2D eigenvalue weighted by molar-refractivity contribution is 0.0924. The second-order valence-corrected chi connectivity index (χ2v) is 5.89. The number of carbonyl (C=O) groups excluding carboxylic acids is 1. The molecule has 0 atom stereocenters. The lowest BCUT2D eigenvalue weighted by Gasteiger charge is -2.07. The van der Waals surface area contributed by atoms with Gasteiger partial charge in [0.2, 0.25) is 5.78 Å². The first-order chi connectivity index (χ1) is 11.7. The summed E-state index contributed by atoms with van der Waals surface area (Å²) in [7, 11) is 0. The number of hydrogen-bond acceptors (Lipinski definition) is 2. The van der Waals surface area contributed by atoms with Crippen LogP contribution < -0.4 is 4.74 Å². The number of pyridine rings is 1. The van der Waals surface area contributed by atoms with E-state index >= 15 is 0 Å². The molecule has 1 N–H and O–H groups in total. The molecule has 0 unspecified atom stereocenters. The molecule has 2 aliphatic rings. The summed E-state index contributed by atoms with van der Waals surface area (Å²) >= 11 is 0. The standard InChI is InChI=1S/C21H17NO2/c1-14-11-18-16-9-5-6-10-17(16)21(19(18)12-22-14)20(23)13-24-15-7-3-2-4-8-15/h2-12,22H,13H2,1H3. The van der Waals surface area contributed by atoms with Crippen LogP contribution in [0.1, 0.15) is 16.1 Å². The van der Waals surface area contributed by atoms with Crippen molar-refractivity contribution in [3.05, 3.63) is 78.1 Å². The number of aryl methyl sites for hydroxylation is 1. The van der Waals surface area contributed by atoms with Crippen LogP contribution in [0, 0.1) is 6.92 Å². The van der Waals surface area contributed by atoms with Gasteiger partial charge in [-0.2, -0.15) is 0 Å². The molecule has 3 nitrogen and oxygen atoms in total. The number of ether oxygens (including phenoxy) is 1. The van der Waals surface area contributed by atoms with Gasteiger partial charge >= 0.3 is 0 Å². The molecular weight excluding hydrogens is 298 g/mol. The summed E-state index contributed by atoms with van der Waals surface area (Å²) in [5.41, 5.74) is 3.85. The van der Waals surface area contributed by atoms with E-state index in [1.54, 1.807) is 0 Å². The number of rotatable bonds is 4. The SMILES string of the molecule is Cc1cc2c3ccccc3c(C(=O)COc3ccccc3)c-2c[nH]1. The van der Waals surface area contributed by atoms with E-state index in [1.165, 1.54) is 0 Å². The Morgan fingerprint density at radius 3 is 2.46 bits per heavy atom. The number of ketones is 1. The van der Waals surface area contributed by atoms with E-state index in [0.29, 0.717) is 5.75 Å². The normalized spacial score (nSPS) is 11.0. The number of benzene rings is 2. The summed E-state index contributed by atoms with van der Waals surface area (Å²) in [4.78, 5) is 16.1. The zero-order chi connectivity index (χ0) is 16.5. The van der Waals surface area contributed by atoms with E-state index in [0.717, 1.165) is 33.2 Å². The number of hydrogen-bond donors (Lipinski definition) is 1. The smallest absolute Gasteiger partial charge is 0.201 e. The number of Topliss-reactive ketones (excluding diaryl/α,β-unsaturated/α-hetero) is 1. The van der Waals surface area contributed by atoms with Gasteiger partial charge in [-0.15, -0.1) is 0 Å². The zero-order valence-electron chi connectivity index (χ0n) is 13.4. The van der Waals surface area contributed by atoms with Gasteiger partial charge in [-0.25, -0.2) is 0 Å². The van der Waals surface area contributed by atoms with Crippen LogP contribution in [-0.4, -0.2) is 17.4 Å². The van der Waals surface area contributed by atoms with Crippen LogP contribution in [0.25, 0.3) is 21.9 Å². The minimum Gasteiger partial charge on any atom is -0.485 e. The lowest BCUT2D eigenvalue weighted by atomic mass is 10.0. The second kappa shape index (κ2) is 5.85. The Hall–Kier alpha value is -3.07. The van der Waals surface area contributed by atoms with Crippen LogP contribution in [0.2, 0.25) is 0 Å². The van der Waals surface area contributed by atoms with Gasteiger partial charge in [-0.1, -0.05) is 42.5 Å². The molecule has 1 aliphatic carbocycles. The van der Waals surface area contributed by atoms with Crippen molar-refractivity contribution in [3.63, 3.8) is 0 Å². The minimum atomic E-state index is -0.0118. The topological polar surface area (TPSA) is 42.1 Å². The zero-order valence-corrected chi connectivity index (χ0v) is 13.4. The second-order valence-electron chi connectivity index (χ2n) is 5.89. The molecule has 1 aliphatic heterocycles. The number of fused-ring (bicyclic) bond motifs is 3. The molecule has 0 radical (unpaired) electrons. The van der Waals surface area contributed by atoms with Crippen molar-refractivity contribution in [2.75, 3.05) is 6.61 Å². The monoisotopic (exact) mass is 315 g/mol. The van der Waals surface area contributed by atoms with E-state index in [2.05, 4.69) is 17.1 Å². The quantitative estimate of drug-likeness (QED) is 0.547. The van der Waals surface area contributed by atoms with Crippen molar-refractivity contribution < 1.29 is 9.53 Å². The van der Waals surface area contributed by atoms with Crippen LogP contribution in [-0.2, 0) is 0 Å². The highest BCUT2D eigenvalue weighted by molar-refractivity contribution is 6.20. The van der Waals surface area contributed by atoms with Gasteiger partial charge in [0.25, 0.3) is 0 Å². The van der Waals surface area contributed by atoms with Gasteiger partial charge in [0.1, 0.15) is 5.75 Å². The Morgan fingerprint density at radius 2 is 1.67 bits per heavy atom. The molecule has 2 aromatic rings. The average Bonchev–Trinajstić information content (AvgIpc) is 2.94. The predicted molar refractivity (Wildman–Crippen MR) is 95.9 cm³/mol. The fourth-order valence-electron chi connectivity index (χ4n) is 3.15. The molecule has 0 fully saturated rings. The predicted octanol–water partition coefficient (Wildman–Crippen LogP) is 4.84. The number of carbonyl (C=O) groups is 1. The number of H-pyrrole nitrogens is 1. The van der Waals surface area contributed by atoms with Crippen molar-refractivity contribution in [3.8, 4) is 16.9 Å². The summed E-state index contributed by atoms with van der Waals surface area (Å²) in [6.45, 7) is 2.04. The molecular formula is C21H17NO2. The first-order valence-electron chi connectivity index (χ1n) is 7.94. The molecule has 4 rings (SSSR count). The van der Waals surface area contributed by atoms with Gasteiger partial charge in [0.15, 0.2) is 6.61 Å². The van der Waals surface area contributed by atoms with Crippen molar-refractivity contribution in [1.29, 1.82) is 0 Å². The van der Waals surface area contributed by atoms with Crippen LogP contribution in [0.5, 0.6) is 5.75 Å². The Balaban J connectivity index is 1.76. The van der Waals surface area contributed by atoms with Gasteiger partial charge in [0.05, 0.1) is 0 Å². The Morgan fingerprint density at radius 1 is 0.958 bits per heavy atom. The highest BCUT2D eigenvalue weighted by atomic mass is 16.5. The summed E-state index contributed by atoms with van der Waals surface area (Å²) in [6.07, 6.45) is 1.92. The Kier molecular flexibility index (Phi) is 3.54. The third kappa shape index (κ3) is 2.44. The maximum absolute atomic E-state index is 12.9. The lowest BCUT2D eigenvalue weighted by Crippen LogP contribution is -2.12. The fraction of sp³-hybridized carbons (Fsp3) is 0.0952. The van der Waals surface area contributed by atoms with Gasteiger partial charge in [-0.05, 0) is 41.5 Å². The number of aromatic nitrogens is 1. The minimum absolute atomic E-state index is 0.0118. The highest BCUT2D eigenvalue weighted by Crippen LogP contribution is 2.39. The number of aromatic amines is 1. The summed E-state index contributed by atoms with van der Waals surface area (Å²) in [5, 5.41) is 2.08. The van der Waals surface area contributed by atoms with Crippen molar-refractivity contribution in [1.82, 2.24) is 4.98 Å². The number of nitrogens with one attached hydrogen (secondary N) is 1. The van der Waals surface area contributed by atoms with Crippen molar-refractivity contribution in [2.24, 2.45) is 0 Å². The Bertz CT molecular complexity index is 985. The van der Waals surface area contributed by atoms with Crippen LogP contribution in [0.15, 0.2) is 66.9 Å². The van der Waals surface area contributed by atoms with E-state index in [1.807, 2.05) is 61.7 Å². The fourth-order valence-corrected chi connectivity index (χ4v) is 3.15. The first kappa shape index (κ1) is 14.5. The van der Waals surface area contributed by atoms with Gasteiger partial charge in [-0.3, -0.25) is 4.79 Å². The van der Waals surface area contributed by atoms with Crippen LogP contribution in [0.3, 0.4) is 0 Å². The molecule has 24 heavy (non-hydrogen) atoms. The average molecular weight is 315 g/mol. The maximum atomic E-state index is 12.9. The molecule has 0 bridgehead atoms. The van der Waals surface area contributed by atoms with Gasteiger partial charge in [0, 0.05) is 23.0 Å². The summed E-state index contributed by atoms with van der Waals surface area (Å²) in [6, 6.07) is 19.5. The molecule has 3 heteroatoms. The molecule has 0 aromatic heterocycles. The third-order valence-corrected chi connectivity index (χ3v) is 4.24. The van der Waals surface area contributed by atoms with E-state index in [-0.39, 0.29) is 12.4 Å². The van der Waals surface area contributed by atoms with Crippen LogP contribution >= 0.6 is 0 Å². The van der Waals surface area contributed by atoms with E-state index in [4.69, 9.17) is 4.74 Å². The van der Waals surface area contributed by atoms with Crippen molar-refractivity contribution in [2.45, 2.75) is 6.92 Å². The maximum Gasteiger partial charge on any atom is 0.201 e. The largest absolute Gasteiger partial charge is 0.485 e. The number of para-hydroxylation sites is 1. The molecule has 2 aromatic carbocycles. The van der Waals surface area contributed by atoms with Crippen molar-refractivity contribution >= 4 is 16.6 Å². The van der Waals surface area contributed by atoms with Crippen LogP contribution in [0.4, 0.5) is 0 Å². The van der Waals surface area contributed by atoms with Gasteiger partial charge < -0.3 is 9.72 Å².